The van der Waals surface area contributed by atoms with Crippen molar-refractivity contribution in [3.8, 4) is 0 Å². The van der Waals surface area contributed by atoms with Crippen LogP contribution in [0.25, 0.3) is 5.65 Å². The van der Waals surface area contributed by atoms with Gasteiger partial charge >= 0.3 is 0 Å². The van der Waals surface area contributed by atoms with Crippen LogP contribution in [-0.4, -0.2) is 74.5 Å². The quantitative estimate of drug-likeness (QED) is 0.504. The molecule has 1 aromatic carbocycles. The molecule has 2 amide bonds. The van der Waals surface area contributed by atoms with E-state index >= 15 is 0 Å². The van der Waals surface area contributed by atoms with Gasteiger partial charge in [0.2, 0.25) is 5.91 Å². The van der Waals surface area contributed by atoms with E-state index in [4.69, 9.17) is 26.3 Å². The normalized spacial score (nSPS) is 24.3. The second-order valence-corrected chi connectivity index (χ2v) is 11.1. The summed E-state index contributed by atoms with van der Waals surface area (Å²) in [6.07, 6.45) is 1.62. The number of hydrogen-bond acceptors (Lipinski definition) is 7. The largest absolute Gasteiger partial charge is 0.370 e. The number of ether oxygens (including phenoxy) is 1. The molecular weight excluding hydrogens is 520 g/mol. The highest BCUT2D eigenvalue weighted by molar-refractivity contribution is 5.93. The number of rotatable bonds is 4. The monoisotopic (exact) mass is 553 g/mol. The van der Waals surface area contributed by atoms with Crippen LogP contribution in [0.3, 0.4) is 0 Å². The molecule has 212 valence electrons. The summed E-state index contributed by atoms with van der Waals surface area (Å²) >= 11 is 0. The van der Waals surface area contributed by atoms with Crippen molar-refractivity contribution in [3.63, 3.8) is 0 Å². The lowest BCUT2D eigenvalue weighted by Crippen LogP contribution is -2.50. The minimum atomic E-state index is -0.713. The van der Waals surface area contributed by atoms with E-state index in [0.29, 0.717) is 69.0 Å². The van der Waals surface area contributed by atoms with E-state index in [2.05, 4.69) is 4.90 Å². The van der Waals surface area contributed by atoms with Gasteiger partial charge in [0.1, 0.15) is 23.4 Å². The number of nitrogens with two attached hydrogens (primary N) is 2. The van der Waals surface area contributed by atoms with Crippen molar-refractivity contribution in [2.75, 3.05) is 26.2 Å². The second-order valence-electron chi connectivity index (χ2n) is 11.1. The van der Waals surface area contributed by atoms with Gasteiger partial charge in [-0.2, -0.15) is 5.10 Å². The third kappa shape index (κ3) is 4.84. The number of benzene rings is 1. The van der Waals surface area contributed by atoms with Crippen LogP contribution in [0.1, 0.15) is 58.4 Å². The summed E-state index contributed by atoms with van der Waals surface area (Å²) < 4.78 is 35.8. The van der Waals surface area contributed by atoms with Crippen molar-refractivity contribution in [3.05, 3.63) is 64.1 Å². The molecule has 0 radical (unpaired) electrons. The molecule has 5 heterocycles. The number of likely N-dealkylation sites (tertiary alicyclic amines) is 1. The molecule has 0 bridgehead atoms. The maximum atomic E-state index is 14.4. The fraction of sp³-hybridized carbons (Fsp3) is 0.500. The summed E-state index contributed by atoms with van der Waals surface area (Å²) in [7, 11) is 0. The minimum absolute atomic E-state index is 0.0107. The van der Waals surface area contributed by atoms with Gasteiger partial charge < -0.3 is 21.1 Å². The van der Waals surface area contributed by atoms with Crippen molar-refractivity contribution in [1.82, 2.24) is 24.4 Å². The minimum Gasteiger partial charge on any atom is -0.370 e. The smallest absolute Gasteiger partial charge is 0.272 e. The summed E-state index contributed by atoms with van der Waals surface area (Å²) in [5.74, 6) is -1.72. The lowest BCUT2D eigenvalue weighted by molar-refractivity contribution is -0.123. The third-order valence-electron chi connectivity index (χ3n) is 8.48. The average molecular weight is 554 g/mol. The average Bonchev–Trinajstić information content (AvgIpc) is 3.31. The fourth-order valence-corrected chi connectivity index (χ4v) is 6.27. The molecule has 0 aliphatic carbocycles. The number of primary amides is 1. The Bertz CT molecular complexity index is 1470. The predicted octanol–water partition coefficient (Wildman–Crippen LogP) is 1.87. The molecule has 0 saturated carbocycles. The van der Waals surface area contributed by atoms with Crippen LogP contribution in [0.4, 0.5) is 8.78 Å². The summed E-state index contributed by atoms with van der Waals surface area (Å²) in [5, 5.41) is 4.79. The first-order valence-corrected chi connectivity index (χ1v) is 13.7. The molecule has 0 unspecified atom stereocenters. The highest BCUT2D eigenvalue weighted by Gasteiger charge is 2.37. The molecule has 6 rings (SSSR count). The number of halogens is 2. The first-order chi connectivity index (χ1) is 19.2. The Kier molecular flexibility index (Phi) is 7.01. The summed E-state index contributed by atoms with van der Waals surface area (Å²) in [6, 6.07) is 4.58. The van der Waals surface area contributed by atoms with Gasteiger partial charge in [-0.05, 0) is 50.5 Å². The van der Waals surface area contributed by atoms with Gasteiger partial charge in [-0.15, -0.1) is 0 Å². The number of fused-ring (bicyclic) bond motifs is 3. The van der Waals surface area contributed by atoms with Crippen LogP contribution in [0.5, 0.6) is 0 Å². The Morgan fingerprint density at radius 2 is 1.90 bits per heavy atom. The highest BCUT2D eigenvalue weighted by Crippen LogP contribution is 2.33. The maximum absolute atomic E-state index is 14.4. The SMILES string of the molecule is Cc1cc(C(=O)N2CCC(C(N)=O)CC2)n2nc3c(c2n1)CN([C@H]1CO[C@H](c2cc(F)ccc2F)[C@@H](N)C1)CC3. The van der Waals surface area contributed by atoms with E-state index in [1.165, 1.54) is 0 Å². The van der Waals surface area contributed by atoms with Gasteiger partial charge in [-0.1, -0.05) is 0 Å². The van der Waals surface area contributed by atoms with E-state index in [1.807, 2.05) is 6.92 Å². The molecule has 10 nitrogen and oxygen atoms in total. The molecule has 2 aromatic heterocycles. The van der Waals surface area contributed by atoms with Crippen molar-refractivity contribution in [2.45, 2.75) is 57.3 Å². The highest BCUT2D eigenvalue weighted by atomic mass is 19.1. The zero-order valence-electron chi connectivity index (χ0n) is 22.4. The first kappa shape index (κ1) is 26.7. The van der Waals surface area contributed by atoms with Crippen molar-refractivity contribution < 1.29 is 23.1 Å². The number of nitrogens with zero attached hydrogens (tertiary/aromatic N) is 5. The number of aryl methyl sites for hydroxylation is 1. The molecule has 3 aliphatic rings. The van der Waals surface area contributed by atoms with Gasteiger partial charge in [-0.25, -0.2) is 18.3 Å². The standard InChI is InChI=1S/C28H33F2N7O3/c1-15-10-24(28(39)35-7-4-16(5-8-35)26(32)38)37-27(33-15)20-13-36(9-6-23(20)34-37)18-12-22(31)25(40-14-18)19-11-17(29)2-3-21(19)30/h2-3,10-11,16,18,22,25H,4-9,12-14,31H2,1H3,(H2,32,38)/t18-,22+,25-/m1/s1. The Morgan fingerprint density at radius 3 is 2.62 bits per heavy atom. The maximum Gasteiger partial charge on any atom is 0.272 e. The molecule has 3 atom stereocenters. The van der Waals surface area contributed by atoms with Crippen LogP contribution >= 0.6 is 0 Å². The molecule has 4 N–H and O–H groups in total. The Labute approximate surface area is 230 Å². The summed E-state index contributed by atoms with van der Waals surface area (Å²) in [4.78, 5) is 33.8. The molecule has 2 saturated heterocycles. The molecule has 12 heteroatoms. The Morgan fingerprint density at radius 1 is 1.12 bits per heavy atom. The van der Waals surface area contributed by atoms with Gasteiger partial charge in [0.25, 0.3) is 5.91 Å². The lowest BCUT2D eigenvalue weighted by Gasteiger charge is -2.41. The lowest BCUT2D eigenvalue weighted by atomic mass is 9.92. The van der Waals surface area contributed by atoms with Crippen LogP contribution in [0.2, 0.25) is 0 Å². The molecule has 3 aliphatic heterocycles. The summed E-state index contributed by atoms with van der Waals surface area (Å²) in [5.41, 5.74) is 15.7. The van der Waals surface area contributed by atoms with E-state index in [0.717, 1.165) is 36.0 Å². The fourth-order valence-electron chi connectivity index (χ4n) is 6.27. The topological polar surface area (TPSA) is 132 Å². The van der Waals surface area contributed by atoms with Gasteiger partial charge in [0.15, 0.2) is 5.65 Å². The number of carbonyl (C=O) groups is 2. The van der Waals surface area contributed by atoms with Crippen LogP contribution in [0.15, 0.2) is 24.3 Å². The van der Waals surface area contributed by atoms with Crippen LogP contribution in [-0.2, 0) is 22.5 Å². The van der Waals surface area contributed by atoms with E-state index in [-0.39, 0.29) is 29.3 Å². The zero-order chi connectivity index (χ0) is 28.1. The molecule has 2 fully saturated rings. The number of aromatic nitrogens is 3. The third-order valence-corrected chi connectivity index (χ3v) is 8.48. The van der Waals surface area contributed by atoms with Crippen molar-refractivity contribution in [2.24, 2.45) is 17.4 Å². The molecular formula is C28H33F2N7O3. The summed E-state index contributed by atoms with van der Waals surface area (Å²) in [6.45, 7) is 4.40. The number of piperidine rings is 1. The van der Waals surface area contributed by atoms with Crippen molar-refractivity contribution >= 4 is 17.5 Å². The molecule has 40 heavy (non-hydrogen) atoms. The second kappa shape index (κ2) is 10.5. The first-order valence-electron chi connectivity index (χ1n) is 13.7. The van der Waals surface area contributed by atoms with Crippen LogP contribution in [0, 0.1) is 24.5 Å². The predicted molar refractivity (Wildman–Crippen MR) is 141 cm³/mol. The number of amides is 2. The van der Waals surface area contributed by atoms with E-state index < -0.39 is 23.8 Å². The zero-order valence-corrected chi connectivity index (χ0v) is 22.4. The van der Waals surface area contributed by atoms with Gasteiger partial charge in [0.05, 0.1) is 12.3 Å². The molecule has 3 aromatic rings. The Balaban J connectivity index is 1.20. The molecule has 0 spiro atoms. The van der Waals surface area contributed by atoms with Crippen molar-refractivity contribution in [1.29, 1.82) is 0 Å². The van der Waals surface area contributed by atoms with E-state index in [1.54, 1.807) is 15.5 Å². The van der Waals surface area contributed by atoms with E-state index in [9.17, 15) is 18.4 Å². The van der Waals surface area contributed by atoms with Gasteiger partial charge in [-0.3, -0.25) is 14.5 Å². The Hall–Kier alpha value is -3.48. The number of carbonyl (C=O) groups excluding carboxylic acids is 2. The van der Waals surface area contributed by atoms with Gasteiger partial charge in [0, 0.05) is 67.4 Å². The van der Waals surface area contributed by atoms with Crippen LogP contribution < -0.4 is 11.5 Å². The number of hydrogen-bond donors (Lipinski definition) is 2.